The highest BCUT2D eigenvalue weighted by Gasteiger charge is 2.07. The highest BCUT2D eigenvalue weighted by Crippen LogP contribution is 2.11. The first-order valence-electron chi connectivity index (χ1n) is 7.66. The summed E-state index contributed by atoms with van der Waals surface area (Å²) in [5, 5.41) is 0. The first-order chi connectivity index (χ1) is 9.24. The molecule has 0 atom stereocenters. The van der Waals surface area contributed by atoms with Gasteiger partial charge in [-0.3, -0.25) is 4.79 Å². The lowest BCUT2D eigenvalue weighted by atomic mass is 10.1. The molecular formula is C16H29BrN2O. The van der Waals surface area contributed by atoms with E-state index in [-0.39, 0.29) is 22.9 Å². The van der Waals surface area contributed by atoms with Crippen molar-refractivity contribution < 1.29 is 4.79 Å². The molecule has 0 radical (unpaired) electrons. The number of rotatable bonds is 10. The summed E-state index contributed by atoms with van der Waals surface area (Å²) in [7, 11) is 0. The quantitative estimate of drug-likeness (QED) is 0.610. The second kappa shape index (κ2) is 12.0. The van der Waals surface area contributed by atoms with E-state index in [0.29, 0.717) is 5.57 Å². The Morgan fingerprint density at radius 1 is 1.15 bits per heavy atom. The summed E-state index contributed by atoms with van der Waals surface area (Å²) < 4.78 is 0. The van der Waals surface area contributed by atoms with Gasteiger partial charge in [-0.05, 0) is 12.5 Å². The maximum absolute atomic E-state index is 11.0. The second-order valence-corrected chi connectivity index (χ2v) is 5.31. The maximum atomic E-state index is 11.0. The number of unbranched alkanes of at least 4 members (excludes halogenated alkanes) is 7. The first-order valence-corrected chi connectivity index (χ1v) is 7.66. The van der Waals surface area contributed by atoms with E-state index in [4.69, 9.17) is 5.73 Å². The zero-order valence-electron chi connectivity index (χ0n) is 12.6. The molecule has 2 N–H and O–H groups in total. The fourth-order valence-electron chi connectivity index (χ4n) is 2.33. The average molecular weight is 345 g/mol. The van der Waals surface area contributed by atoms with Crippen LogP contribution in [0.3, 0.4) is 0 Å². The predicted molar refractivity (Wildman–Crippen MR) is 90.9 cm³/mol. The van der Waals surface area contributed by atoms with Gasteiger partial charge in [-0.2, -0.15) is 0 Å². The topological polar surface area (TPSA) is 46.3 Å². The summed E-state index contributed by atoms with van der Waals surface area (Å²) in [4.78, 5) is 13.2. The van der Waals surface area contributed by atoms with Crippen molar-refractivity contribution in [1.29, 1.82) is 0 Å². The third-order valence-corrected chi connectivity index (χ3v) is 3.59. The van der Waals surface area contributed by atoms with Crippen molar-refractivity contribution in [2.45, 2.75) is 58.3 Å². The number of nitrogens with two attached hydrogens (primary N) is 1. The molecule has 116 valence electrons. The van der Waals surface area contributed by atoms with Crippen molar-refractivity contribution in [3.63, 3.8) is 0 Å². The average Bonchev–Trinajstić information content (AvgIpc) is 2.42. The van der Waals surface area contributed by atoms with Crippen molar-refractivity contribution in [3.8, 4) is 0 Å². The monoisotopic (exact) mass is 344 g/mol. The molecule has 1 aliphatic heterocycles. The van der Waals surface area contributed by atoms with E-state index >= 15 is 0 Å². The smallest absolute Gasteiger partial charge is 0.248 e. The van der Waals surface area contributed by atoms with E-state index in [0.717, 1.165) is 13.1 Å². The number of hydrogen-bond donors (Lipinski definition) is 1. The minimum atomic E-state index is -0.331. The molecule has 3 nitrogen and oxygen atoms in total. The lowest BCUT2D eigenvalue weighted by Gasteiger charge is -2.21. The molecule has 0 aliphatic carbocycles. The SMILES string of the molecule is Br.CCCCCCCCCCN1C=CC(C(N)=O)=CC1. The number of nitrogens with zero attached hydrogens (tertiary/aromatic N) is 1. The zero-order valence-corrected chi connectivity index (χ0v) is 14.4. The predicted octanol–water partition coefficient (Wildman–Crippen LogP) is 3.95. The largest absolute Gasteiger partial charge is 0.374 e. The van der Waals surface area contributed by atoms with Crippen molar-refractivity contribution in [2.24, 2.45) is 5.73 Å². The fraction of sp³-hybridized carbons (Fsp3) is 0.688. The molecule has 1 aliphatic rings. The van der Waals surface area contributed by atoms with E-state index in [9.17, 15) is 4.79 Å². The molecule has 0 spiro atoms. The van der Waals surface area contributed by atoms with Crippen LogP contribution in [0.4, 0.5) is 0 Å². The van der Waals surface area contributed by atoms with E-state index in [1.807, 2.05) is 18.4 Å². The second-order valence-electron chi connectivity index (χ2n) is 5.31. The number of primary amides is 1. The molecule has 0 saturated heterocycles. The van der Waals surface area contributed by atoms with Crippen molar-refractivity contribution in [2.75, 3.05) is 13.1 Å². The van der Waals surface area contributed by atoms with E-state index in [2.05, 4.69) is 11.8 Å². The van der Waals surface area contributed by atoms with Gasteiger partial charge in [-0.1, -0.05) is 57.9 Å². The van der Waals surface area contributed by atoms with Crippen LogP contribution in [0.25, 0.3) is 0 Å². The zero-order chi connectivity index (χ0) is 13.9. The Hall–Kier alpha value is -0.770. The Morgan fingerprint density at radius 2 is 1.75 bits per heavy atom. The first kappa shape index (κ1) is 19.2. The molecule has 0 bridgehead atoms. The number of amides is 1. The van der Waals surface area contributed by atoms with Gasteiger partial charge in [0.2, 0.25) is 5.91 Å². The fourth-order valence-corrected chi connectivity index (χ4v) is 2.33. The molecule has 0 unspecified atom stereocenters. The Bertz CT molecular complexity index is 326. The number of carbonyl (C=O) groups is 1. The molecule has 1 amide bonds. The van der Waals surface area contributed by atoms with Crippen LogP contribution in [0.15, 0.2) is 23.9 Å². The van der Waals surface area contributed by atoms with Gasteiger partial charge >= 0.3 is 0 Å². The van der Waals surface area contributed by atoms with Crippen LogP contribution < -0.4 is 5.73 Å². The van der Waals surface area contributed by atoms with Crippen LogP contribution in [-0.4, -0.2) is 23.9 Å². The molecule has 0 aromatic rings. The lowest BCUT2D eigenvalue weighted by molar-refractivity contribution is -0.114. The Morgan fingerprint density at radius 3 is 2.25 bits per heavy atom. The highest BCUT2D eigenvalue weighted by molar-refractivity contribution is 8.93. The number of hydrogen-bond acceptors (Lipinski definition) is 2. The van der Waals surface area contributed by atoms with Crippen LogP contribution in [0.2, 0.25) is 0 Å². The summed E-state index contributed by atoms with van der Waals surface area (Å²) in [6.07, 6.45) is 16.5. The van der Waals surface area contributed by atoms with Crippen LogP contribution in [0.1, 0.15) is 58.3 Å². The Labute approximate surface area is 134 Å². The van der Waals surface area contributed by atoms with Crippen LogP contribution in [0.5, 0.6) is 0 Å². The summed E-state index contributed by atoms with van der Waals surface area (Å²) in [6, 6.07) is 0. The molecular weight excluding hydrogens is 316 g/mol. The number of carbonyl (C=O) groups excluding carboxylic acids is 1. The lowest BCUT2D eigenvalue weighted by Crippen LogP contribution is -2.24. The normalized spacial score (nSPS) is 13.8. The molecule has 0 aromatic heterocycles. The third-order valence-electron chi connectivity index (χ3n) is 3.59. The minimum Gasteiger partial charge on any atom is -0.374 e. The summed E-state index contributed by atoms with van der Waals surface area (Å²) >= 11 is 0. The van der Waals surface area contributed by atoms with Crippen LogP contribution >= 0.6 is 17.0 Å². The molecule has 20 heavy (non-hydrogen) atoms. The maximum Gasteiger partial charge on any atom is 0.248 e. The summed E-state index contributed by atoms with van der Waals surface area (Å²) in [6.45, 7) is 4.14. The highest BCUT2D eigenvalue weighted by atomic mass is 79.9. The Balaban J connectivity index is 0.00000361. The van der Waals surface area contributed by atoms with E-state index < -0.39 is 0 Å². The van der Waals surface area contributed by atoms with Gasteiger partial charge in [-0.25, -0.2) is 0 Å². The van der Waals surface area contributed by atoms with Crippen molar-refractivity contribution in [1.82, 2.24) is 4.90 Å². The molecule has 0 saturated carbocycles. The molecule has 1 heterocycles. The molecule has 0 aromatic carbocycles. The van der Waals surface area contributed by atoms with Gasteiger partial charge in [0, 0.05) is 24.9 Å². The van der Waals surface area contributed by atoms with E-state index in [1.165, 1.54) is 51.4 Å². The summed E-state index contributed by atoms with van der Waals surface area (Å²) in [5.74, 6) is -0.331. The third kappa shape index (κ3) is 8.41. The van der Waals surface area contributed by atoms with Crippen LogP contribution in [-0.2, 0) is 4.79 Å². The molecule has 4 heteroatoms. The number of halogens is 1. The van der Waals surface area contributed by atoms with Gasteiger partial charge in [0.15, 0.2) is 0 Å². The minimum absolute atomic E-state index is 0. The Kier molecular flexibility index (Phi) is 11.5. The summed E-state index contributed by atoms with van der Waals surface area (Å²) in [5.41, 5.74) is 5.86. The van der Waals surface area contributed by atoms with Crippen LogP contribution in [0, 0.1) is 0 Å². The van der Waals surface area contributed by atoms with Gasteiger partial charge in [0.25, 0.3) is 0 Å². The molecule has 0 fully saturated rings. The van der Waals surface area contributed by atoms with Crippen molar-refractivity contribution >= 4 is 22.9 Å². The molecule has 1 rings (SSSR count). The standard InChI is InChI=1S/C16H28N2O.BrH/c1-2-3-4-5-6-7-8-9-12-18-13-10-15(11-14-18)16(17)19;/h10-11,13H,2-9,12,14H2,1H3,(H2,17,19);1H. The van der Waals surface area contributed by atoms with E-state index in [1.54, 1.807) is 0 Å². The van der Waals surface area contributed by atoms with Gasteiger partial charge < -0.3 is 10.6 Å². The van der Waals surface area contributed by atoms with Gasteiger partial charge in [0.05, 0.1) is 0 Å². The van der Waals surface area contributed by atoms with Gasteiger partial charge in [0.1, 0.15) is 0 Å². The van der Waals surface area contributed by atoms with Gasteiger partial charge in [-0.15, -0.1) is 17.0 Å². The van der Waals surface area contributed by atoms with Crippen molar-refractivity contribution in [3.05, 3.63) is 23.9 Å².